The molecule has 0 aromatic carbocycles. The van der Waals surface area contributed by atoms with Gasteiger partial charge < -0.3 is 20.5 Å². The molecule has 18 heavy (non-hydrogen) atoms. The summed E-state index contributed by atoms with van der Waals surface area (Å²) in [5.74, 6) is 0.905. The molecule has 0 aliphatic heterocycles. The van der Waals surface area contributed by atoms with E-state index in [1.807, 2.05) is 13.8 Å². The van der Waals surface area contributed by atoms with Crippen molar-refractivity contribution in [3.63, 3.8) is 0 Å². The number of aromatic nitrogens is 3. The van der Waals surface area contributed by atoms with Gasteiger partial charge in [-0.25, -0.2) is 0 Å². The van der Waals surface area contributed by atoms with E-state index in [0.29, 0.717) is 18.3 Å². The molecule has 0 aliphatic carbocycles. The zero-order valence-corrected chi connectivity index (χ0v) is 11.3. The van der Waals surface area contributed by atoms with Crippen molar-refractivity contribution >= 4 is 11.9 Å². The smallest absolute Gasteiger partial charge is 0.322 e. The second-order valence-corrected chi connectivity index (χ2v) is 4.13. The van der Waals surface area contributed by atoms with Gasteiger partial charge in [-0.1, -0.05) is 0 Å². The fourth-order valence-electron chi connectivity index (χ4n) is 1.54. The Kier molecular flexibility index (Phi) is 5.57. The Hall–Kier alpha value is -1.63. The van der Waals surface area contributed by atoms with Crippen LogP contribution in [0.3, 0.4) is 0 Å². The standard InChI is InChI=1S/C11H21N5O2/c1-5-12-9-14-10(16-11(15-9)18-4)13-7(2)6-8(3)17/h7-8,17H,5-6H2,1-4H3,(H2,12,13,14,15,16). The molecule has 0 saturated carbocycles. The van der Waals surface area contributed by atoms with Gasteiger partial charge in [-0.15, -0.1) is 0 Å². The predicted octanol–water partition coefficient (Wildman–Crippen LogP) is 0.883. The van der Waals surface area contributed by atoms with Gasteiger partial charge in [0.2, 0.25) is 11.9 Å². The van der Waals surface area contributed by atoms with Crippen molar-refractivity contribution in [1.82, 2.24) is 15.0 Å². The molecule has 1 aromatic heterocycles. The van der Waals surface area contributed by atoms with Crippen LogP contribution in [0, 0.1) is 0 Å². The molecule has 0 saturated heterocycles. The van der Waals surface area contributed by atoms with Gasteiger partial charge in [0.15, 0.2) is 0 Å². The van der Waals surface area contributed by atoms with Gasteiger partial charge in [0, 0.05) is 12.6 Å². The summed E-state index contributed by atoms with van der Waals surface area (Å²) in [7, 11) is 1.51. The molecule has 1 aromatic rings. The van der Waals surface area contributed by atoms with Crippen LogP contribution in [-0.4, -0.2) is 45.9 Å². The zero-order valence-electron chi connectivity index (χ0n) is 11.3. The molecular weight excluding hydrogens is 234 g/mol. The van der Waals surface area contributed by atoms with E-state index in [1.165, 1.54) is 7.11 Å². The van der Waals surface area contributed by atoms with Crippen LogP contribution < -0.4 is 15.4 Å². The highest BCUT2D eigenvalue weighted by atomic mass is 16.5. The van der Waals surface area contributed by atoms with E-state index in [4.69, 9.17) is 4.74 Å². The number of aliphatic hydroxyl groups excluding tert-OH is 1. The molecular formula is C11H21N5O2. The van der Waals surface area contributed by atoms with Gasteiger partial charge >= 0.3 is 6.01 Å². The fraction of sp³-hybridized carbons (Fsp3) is 0.727. The average molecular weight is 255 g/mol. The molecule has 0 radical (unpaired) electrons. The third-order valence-electron chi connectivity index (χ3n) is 2.20. The summed E-state index contributed by atoms with van der Waals surface area (Å²) in [4.78, 5) is 12.4. The Balaban J connectivity index is 2.77. The monoisotopic (exact) mass is 255 g/mol. The van der Waals surface area contributed by atoms with Crippen molar-refractivity contribution in [3.8, 4) is 6.01 Å². The number of ether oxygens (including phenoxy) is 1. The van der Waals surface area contributed by atoms with Gasteiger partial charge in [-0.3, -0.25) is 0 Å². The summed E-state index contributed by atoms with van der Waals surface area (Å²) >= 11 is 0. The van der Waals surface area contributed by atoms with Crippen molar-refractivity contribution in [2.45, 2.75) is 39.3 Å². The Morgan fingerprint density at radius 3 is 2.44 bits per heavy atom. The maximum Gasteiger partial charge on any atom is 0.322 e. The first kappa shape index (κ1) is 14.4. The van der Waals surface area contributed by atoms with Crippen molar-refractivity contribution in [1.29, 1.82) is 0 Å². The molecule has 0 aliphatic rings. The normalized spacial score (nSPS) is 13.8. The third-order valence-corrected chi connectivity index (χ3v) is 2.20. The van der Waals surface area contributed by atoms with E-state index < -0.39 is 0 Å². The summed E-state index contributed by atoms with van der Waals surface area (Å²) in [5.41, 5.74) is 0. The molecule has 2 unspecified atom stereocenters. The lowest BCUT2D eigenvalue weighted by Gasteiger charge is -2.16. The lowest BCUT2D eigenvalue weighted by atomic mass is 10.2. The summed E-state index contributed by atoms with van der Waals surface area (Å²) in [6, 6.07) is 0.319. The third kappa shape index (κ3) is 4.70. The molecule has 1 rings (SSSR count). The SMILES string of the molecule is CCNc1nc(NC(C)CC(C)O)nc(OC)n1. The van der Waals surface area contributed by atoms with E-state index in [2.05, 4.69) is 25.6 Å². The zero-order chi connectivity index (χ0) is 13.5. The number of nitrogens with one attached hydrogen (secondary N) is 2. The Bertz CT molecular complexity index is 372. The second-order valence-electron chi connectivity index (χ2n) is 4.13. The number of hydrogen-bond acceptors (Lipinski definition) is 7. The van der Waals surface area contributed by atoms with Gasteiger partial charge in [0.1, 0.15) is 0 Å². The summed E-state index contributed by atoms with van der Waals surface area (Å²) in [5, 5.41) is 15.4. The molecule has 2 atom stereocenters. The molecule has 1 heterocycles. The number of methoxy groups -OCH3 is 1. The van der Waals surface area contributed by atoms with E-state index in [-0.39, 0.29) is 18.2 Å². The lowest BCUT2D eigenvalue weighted by Crippen LogP contribution is -2.22. The van der Waals surface area contributed by atoms with Gasteiger partial charge in [-0.2, -0.15) is 15.0 Å². The molecule has 0 bridgehead atoms. The van der Waals surface area contributed by atoms with Crippen LogP contribution in [-0.2, 0) is 0 Å². The van der Waals surface area contributed by atoms with E-state index in [1.54, 1.807) is 6.92 Å². The maximum atomic E-state index is 9.31. The first-order valence-corrected chi connectivity index (χ1v) is 6.03. The van der Waals surface area contributed by atoms with Crippen LogP contribution in [0.25, 0.3) is 0 Å². The number of nitrogens with zero attached hydrogens (tertiary/aromatic N) is 3. The largest absolute Gasteiger partial charge is 0.467 e. The van der Waals surface area contributed by atoms with Crippen LogP contribution in [0.5, 0.6) is 6.01 Å². The highest BCUT2D eigenvalue weighted by Gasteiger charge is 2.10. The molecule has 7 heteroatoms. The minimum atomic E-state index is -0.371. The molecule has 7 nitrogen and oxygen atoms in total. The van der Waals surface area contributed by atoms with Crippen LogP contribution >= 0.6 is 0 Å². The number of hydrogen-bond donors (Lipinski definition) is 3. The average Bonchev–Trinajstić information content (AvgIpc) is 2.27. The van der Waals surface area contributed by atoms with Crippen molar-refractivity contribution in [2.24, 2.45) is 0 Å². The van der Waals surface area contributed by atoms with Crippen LogP contribution in [0.15, 0.2) is 0 Å². The quantitative estimate of drug-likeness (QED) is 0.666. The van der Waals surface area contributed by atoms with Crippen LogP contribution in [0.4, 0.5) is 11.9 Å². The first-order chi connectivity index (χ1) is 8.55. The van der Waals surface area contributed by atoms with Crippen LogP contribution in [0.2, 0.25) is 0 Å². The number of anilines is 2. The highest BCUT2D eigenvalue weighted by molar-refractivity contribution is 5.36. The van der Waals surface area contributed by atoms with Crippen molar-refractivity contribution in [3.05, 3.63) is 0 Å². The van der Waals surface area contributed by atoms with E-state index in [0.717, 1.165) is 6.54 Å². The minimum Gasteiger partial charge on any atom is -0.467 e. The Morgan fingerprint density at radius 2 is 1.89 bits per heavy atom. The Morgan fingerprint density at radius 1 is 1.22 bits per heavy atom. The predicted molar refractivity (Wildman–Crippen MR) is 69.9 cm³/mol. The number of aliphatic hydroxyl groups is 1. The second kappa shape index (κ2) is 6.95. The maximum absolute atomic E-state index is 9.31. The van der Waals surface area contributed by atoms with Crippen molar-refractivity contribution in [2.75, 3.05) is 24.3 Å². The lowest BCUT2D eigenvalue weighted by molar-refractivity contribution is 0.179. The molecule has 0 fully saturated rings. The van der Waals surface area contributed by atoms with Gasteiger partial charge in [0.05, 0.1) is 13.2 Å². The summed E-state index contributed by atoms with van der Waals surface area (Å²) in [6.45, 7) is 6.38. The van der Waals surface area contributed by atoms with Gasteiger partial charge in [-0.05, 0) is 27.2 Å². The minimum absolute atomic E-state index is 0.0617. The fourth-order valence-corrected chi connectivity index (χ4v) is 1.54. The number of rotatable bonds is 7. The molecule has 0 amide bonds. The Labute approximate surface area is 107 Å². The summed E-state index contributed by atoms with van der Waals surface area (Å²) < 4.78 is 5.01. The van der Waals surface area contributed by atoms with Gasteiger partial charge in [0.25, 0.3) is 0 Å². The highest BCUT2D eigenvalue weighted by Crippen LogP contribution is 2.12. The van der Waals surface area contributed by atoms with E-state index in [9.17, 15) is 5.11 Å². The summed E-state index contributed by atoms with van der Waals surface area (Å²) in [6.07, 6.45) is 0.245. The molecule has 102 valence electrons. The molecule has 3 N–H and O–H groups in total. The van der Waals surface area contributed by atoms with E-state index >= 15 is 0 Å². The topological polar surface area (TPSA) is 92.2 Å². The first-order valence-electron chi connectivity index (χ1n) is 6.03. The van der Waals surface area contributed by atoms with Crippen molar-refractivity contribution < 1.29 is 9.84 Å². The van der Waals surface area contributed by atoms with Crippen LogP contribution in [0.1, 0.15) is 27.2 Å². The molecule has 0 spiro atoms.